The molecule has 0 bridgehead atoms. The van der Waals surface area contributed by atoms with Crippen LogP contribution in [0, 0.1) is 0 Å². The van der Waals surface area contributed by atoms with Crippen LogP contribution in [0.5, 0.6) is 0 Å². The van der Waals surface area contributed by atoms with Gasteiger partial charge in [-0.3, -0.25) is 19.6 Å². The van der Waals surface area contributed by atoms with Crippen LogP contribution in [-0.4, -0.2) is 63.0 Å². The van der Waals surface area contributed by atoms with Crippen molar-refractivity contribution < 1.29 is 19.6 Å². The van der Waals surface area contributed by atoms with Gasteiger partial charge in [0.25, 0.3) is 11.8 Å². The highest BCUT2D eigenvalue weighted by Crippen LogP contribution is 2.35. The van der Waals surface area contributed by atoms with Crippen molar-refractivity contribution in [2.45, 2.75) is 63.8 Å². The third kappa shape index (κ3) is 7.11. The number of aromatic nitrogens is 3. The molecule has 4 rings (SSSR count). The zero-order valence-electron chi connectivity index (χ0n) is 22.6. The molecule has 0 saturated heterocycles. The molecular formula is C28H37N7O4. The molecule has 1 aromatic carbocycles. The van der Waals surface area contributed by atoms with Gasteiger partial charge in [-0.05, 0) is 56.0 Å². The van der Waals surface area contributed by atoms with Crippen molar-refractivity contribution in [2.24, 2.45) is 0 Å². The number of carbonyl (C=O) groups is 3. The van der Waals surface area contributed by atoms with Gasteiger partial charge in [-0.1, -0.05) is 25.7 Å². The number of benzene rings is 1. The Kier molecular flexibility index (Phi) is 9.48. The van der Waals surface area contributed by atoms with Gasteiger partial charge in [-0.25, -0.2) is 10.5 Å². The van der Waals surface area contributed by atoms with E-state index in [-0.39, 0.29) is 23.8 Å². The Balaban J connectivity index is 1.36. The third-order valence-electron chi connectivity index (χ3n) is 7.04. The van der Waals surface area contributed by atoms with Crippen LogP contribution in [-0.2, 0) is 4.79 Å². The molecule has 39 heavy (non-hydrogen) atoms. The van der Waals surface area contributed by atoms with Gasteiger partial charge in [0.1, 0.15) is 11.3 Å². The number of nitrogens with zero attached hydrogens (tertiary/aromatic N) is 4. The summed E-state index contributed by atoms with van der Waals surface area (Å²) < 4.78 is 2.08. The van der Waals surface area contributed by atoms with Gasteiger partial charge in [-0.15, -0.1) is 0 Å². The van der Waals surface area contributed by atoms with Crippen molar-refractivity contribution in [3.8, 4) is 0 Å². The molecule has 3 aromatic rings. The monoisotopic (exact) mass is 535 g/mol. The zero-order valence-corrected chi connectivity index (χ0v) is 22.6. The second kappa shape index (κ2) is 13.2. The van der Waals surface area contributed by atoms with Crippen LogP contribution in [0.15, 0.2) is 36.5 Å². The lowest BCUT2D eigenvalue weighted by molar-refractivity contribution is -0.129. The van der Waals surface area contributed by atoms with Gasteiger partial charge in [0.15, 0.2) is 0 Å². The summed E-state index contributed by atoms with van der Waals surface area (Å²) in [7, 11) is 3.51. The first kappa shape index (κ1) is 28.0. The molecule has 1 aliphatic rings. The van der Waals surface area contributed by atoms with E-state index in [2.05, 4.69) is 20.2 Å². The number of carbonyl (C=O) groups excluding carboxylic acids is 3. The predicted molar refractivity (Wildman–Crippen MR) is 148 cm³/mol. The first-order chi connectivity index (χ1) is 18.9. The van der Waals surface area contributed by atoms with E-state index in [1.54, 1.807) is 42.8 Å². The summed E-state index contributed by atoms with van der Waals surface area (Å²) in [5, 5.41) is 15.5. The van der Waals surface area contributed by atoms with Gasteiger partial charge in [0.05, 0.1) is 0 Å². The maximum absolute atomic E-state index is 12.9. The normalized spacial score (nSPS) is 13.4. The maximum atomic E-state index is 12.9. The van der Waals surface area contributed by atoms with E-state index >= 15 is 0 Å². The number of hydroxylamine groups is 1. The molecule has 208 valence electrons. The summed E-state index contributed by atoms with van der Waals surface area (Å²) in [5.74, 6) is -0.142. The van der Waals surface area contributed by atoms with Crippen LogP contribution in [0.1, 0.15) is 84.7 Å². The Hall–Kier alpha value is -3.99. The third-order valence-corrected chi connectivity index (χ3v) is 7.04. The Morgan fingerprint density at radius 3 is 2.46 bits per heavy atom. The van der Waals surface area contributed by atoms with Crippen molar-refractivity contribution in [3.05, 3.63) is 47.8 Å². The number of hydrogen-bond donors (Lipinski definition) is 4. The zero-order chi connectivity index (χ0) is 27.8. The summed E-state index contributed by atoms with van der Waals surface area (Å²) in [6, 6.07) is 9.24. The van der Waals surface area contributed by atoms with Gasteiger partial charge in [0, 0.05) is 55.9 Å². The summed E-state index contributed by atoms with van der Waals surface area (Å²) in [5.41, 5.74) is 4.31. The molecule has 0 radical (unpaired) electrons. The molecule has 0 unspecified atom stereocenters. The van der Waals surface area contributed by atoms with Crippen molar-refractivity contribution in [1.82, 2.24) is 30.2 Å². The maximum Gasteiger partial charge on any atom is 0.270 e. The molecular weight excluding hydrogens is 498 g/mol. The molecule has 0 aliphatic heterocycles. The van der Waals surface area contributed by atoms with Crippen LogP contribution in [0.4, 0.5) is 11.6 Å². The van der Waals surface area contributed by atoms with Crippen molar-refractivity contribution in [2.75, 3.05) is 26.0 Å². The highest BCUT2D eigenvalue weighted by Gasteiger charge is 2.26. The summed E-state index contributed by atoms with van der Waals surface area (Å²) in [6.45, 7) is 0.553. The average Bonchev–Trinajstić information content (AvgIpc) is 3.59. The van der Waals surface area contributed by atoms with Crippen LogP contribution in [0.2, 0.25) is 0 Å². The number of fused-ring (bicyclic) bond motifs is 1. The lowest BCUT2D eigenvalue weighted by Crippen LogP contribution is -2.25. The fourth-order valence-electron chi connectivity index (χ4n) is 4.95. The van der Waals surface area contributed by atoms with Crippen molar-refractivity contribution in [1.29, 1.82) is 0 Å². The van der Waals surface area contributed by atoms with E-state index in [0.29, 0.717) is 36.6 Å². The lowest BCUT2D eigenvalue weighted by atomic mass is 10.1. The van der Waals surface area contributed by atoms with E-state index in [1.165, 1.54) is 0 Å². The molecule has 0 spiro atoms. The number of unbranched alkanes of at least 4 members (excludes halogenated alkanes) is 3. The Bertz CT molecular complexity index is 1300. The van der Waals surface area contributed by atoms with E-state index < -0.39 is 0 Å². The second-order valence-electron chi connectivity index (χ2n) is 10.2. The summed E-state index contributed by atoms with van der Waals surface area (Å²) in [6.07, 6.45) is 9.64. The molecule has 2 aromatic heterocycles. The van der Waals surface area contributed by atoms with Crippen LogP contribution < -0.4 is 16.1 Å². The molecule has 2 heterocycles. The van der Waals surface area contributed by atoms with Gasteiger partial charge in [-0.2, -0.15) is 4.98 Å². The first-order valence-corrected chi connectivity index (χ1v) is 13.5. The van der Waals surface area contributed by atoms with Crippen LogP contribution >= 0.6 is 0 Å². The standard InChI is InChI=1S/C28H37N7O4/c1-34(2)27(38)23-17-20-18-30-28(32-25(20)35(23)22-9-6-7-10-22)31-21-14-12-19(13-15-21)26(37)29-16-8-4-3-5-11-24(36)33-39/h12-15,17-18,22,39H,3-11,16H2,1-2H3,(H,29,37)(H,33,36)(H,30,31,32). The average molecular weight is 536 g/mol. The van der Waals surface area contributed by atoms with Crippen LogP contribution in [0.25, 0.3) is 11.0 Å². The molecule has 1 saturated carbocycles. The Morgan fingerprint density at radius 1 is 1.05 bits per heavy atom. The predicted octanol–water partition coefficient (Wildman–Crippen LogP) is 4.18. The molecule has 11 heteroatoms. The van der Waals surface area contributed by atoms with Crippen molar-refractivity contribution >= 4 is 40.4 Å². The number of nitrogens with one attached hydrogen (secondary N) is 3. The first-order valence-electron chi connectivity index (χ1n) is 13.5. The Labute approximate surface area is 228 Å². The number of rotatable bonds is 12. The lowest BCUT2D eigenvalue weighted by Gasteiger charge is -2.19. The SMILES string of the molecule is CN(C)C(=O)c1cc2cnc(Nc3ccc(C(=O)NCCCCCCC(=O)NO)cc3)nc2n1C1CCCC1. The highest BCUT2D eigenvalue weighted by atomic mass is 16.5. The smallest absolute Gasteiger partial charge is 0.270 e. The van der Waals surface area contributed by atoms with Crippen molar-refractivity contribution in [3.63, 3.8) is 0 Å². The molecule has 0 atom stereocenters. The second-order valence-corrected chi connectivity index (χ2v) is 10.2. The quantitative estimate of drug-likeness (QED) is 0.155. The van der Waals surface area contributed by atoms with Gasteiger partial charge in [0.2, 0.25) is 11.9 Å². The molecule has 1 fully saturated rings. The minimum absolute atomic E-state index is 0.0460. The number of amides is 3. The fraction of sp³-hybridized carbons (Fsp3) is 0.464. The topological polar surface area (TPSA) is 141 Å². The summed E-state index contributed by atoms with van der Waals surface area (Å²) >= 11 is 0. The highest BCUT2D eigenvalue weighted by molar-refractivity contribution is 5.98. The van der Waals surface area contributed by atoms with Crippen LogP contribution in [0.3, 0.4) is 0 Å². The van der Waals surface area contributed by atoms with E-state index in [4.69, 9.17) is 10.2 Å². The fourth-order valence-corrected chi connectivity index (χ4v) is 4.95. The minimum Gasteiger partial charge on any atom is -0.352 e. The largest absolute Gasteiger partial charge is 0.352 e. The van der Waals surface area contributed by atoms with Gasteiger partial charge < -0.3 is 20.1 Å². The van der Waals surface area contributed by atoms with Gasteiger partial charge >= 0.3 is 0 Å². The molecule has 1 aliphatic carbocycles. The van der Waals surface area contributed by atoms with E-state index in [1.807, 2.05) is 18.2 Å². The molecule has 4 N–H and O–H groups in total. The Morgan fingerprint density at radius 2 is 1.77 bits per heavy atom. The van der Waals surface area contributed by atoms with E-state index in [0.717, 1.165) is 61.7 Å². The summed E-state index contributed by atoms with van der Waals surface area (Å²) in [4.78, 5) is 47.2. The molecule has 11 nitrogen and oxygen atoms in total. The van der Waals surface area contributed by atoms with E-state index in [9.17, 15) is 14.4 Å². The minimum atomic E-state index is -0.377. The number of anilines is 2. The number of hydrogen-bond acceptors (Lipinski definition) is 7. The molecule has 3 amide bonds.